The summed E-state index contributed by atoms with van der Waals surface area (Å²) >= 11 is 1.91. The maximum absolute atomic E-state index is 6.23. The van der Waals surface area contributed by atoms with Crippen LogP contribution in [0.2, 0.25) is 0 Å². The van der Waals surface area contributed by atoms with Gasteiger partial charge in [0.15, 0.2) is 0 Å². The first kappa shape index (κ1) is 35.2. The molecule has 13 aromatic rings. The molecular weight excluding hydrogens is 783 g/mol. The third kappa shape index (κ3) is 5.00. The van der Waals surface area contributed by atoms with Crippen LogP contribution in [0.25, 0.3) is 113 Å². The van der Waals surface area contributed by atoms with Crippen molar-refractivity contribution in [2.45, 2.75) is 25.7 Å². The number of para-hydroxylation sites is 2. The van der Waals surface area contributed by atoms with Crippen LogP contribution in [-0.4, -0.2) is 4.57 Å². The van der Waals surface area contributed by atoms with E-state index in [2.05, 4.69) is 194 Å². The topological polar surface area (TPSA) is 18.1 Å². The lowest BCUT2D eigenvalue weighted by Crippen LogP contribution is -2.15. The molecule has 14 rings (SSSR count). The van der Waals surface area contributed by atoms with Crippen LogP contribution in [0.4, 0.5) is 0 Å². The minimum absolute atomic E-state index is 0.114. The van der Waals surface area contributed by atoms with E-state index in [4.69, 9.17) is 4.42 Å². The summed E-state index contributed by atoms with van der Waals surface area (Å²) in [4.78, 5) is 0. The van der Waals surface area contributed by atoms with Gasteiger partial charge in [-0.3, -0.25) is 0 Å². The minimum Gasteiger partial charge on any atom is -0.456 e. The Balaban J connectivity index is 0.890. The van der Waals surface area contributed by atoms with Crippen LogP contribution >= 0.6 is 11.3 Å². The van der Waals surface area contributed by atoms with Gasteiger partial charge in [-0.25, -0.2) is 0 Å². The zero-order chi connectivity index (χ0) is 41.6. The second-order valence-corrected chi connectivity index (χ2v) is 19.1. The Bertz CT molecular complexity index is 4100. The normalized spacial score (nSPS) is 13.4. The van der Waals surface area contributed by atoms with E-state index in [0.717, 1.165) is 34.0 Å². The lowest BCUT2D eigenvalue weighted by atomic mass is 9.80. The molecule has 10 aromatic carbocycles. The third-order valence-corrected chi connectivity index (χ3v) is 15.3. The first-order valence-corrected chi connectivity index (χ1v) is 22.8. The molecule has 0 fully saturated rings. The van der Waals surface area contributed by atoms with Crippen LogP contribution in [0, 0.1) is 0 Å². The van der Waals surface area contributed by atoms with E-state index in [-0.39, 0.29) is 5.41 Å². The molecule has 296 valence electrons. The standard InChI is InChI=1S/C60H39NOS/c1-60(2)51-30-35(19-23-43(51)47-26-28-57-58(59(47)60)48-15-7-10-18-56(48)63-57)29-39-31-38-11-3-4-12-41(38)49-32-36(20-24-42(39)49)37-21-25-45-44-13-5-8-16-52(44)61(53(45)33-37)40-22-27-55-50(34-40)46-14-6-9-17-54(46)62-55/h3-28,30-34H,29H2,1-2H3. The minimum atomic E-state index is -0.114. The predicted octanol–water partition coefficient (Wildman–Crippen LogP) is 16.9. The van der Waals surface area contributed by atoms with Gasteiger partial charge in [-0.2, -0.15) is 0 Å². The second-order valence-electron chi connectivity index (χ2n) is 18.0. The van der Waals surface area contributed by atoms with Gasteiger partial charge < -0.3 is 8.98 Å². The van der Waals surface area contributed by atoms with Crippen LogP contribution in [-0.2, 0) is 11.8 Å². The van der Waals surface area contributed by atoms with E-state index in [1.165, 1.54) is 108 Å². The Morgan fingerprint density at radius 3 is 2.10 bits per heavy atom. The highest BCUT2D eigenvalue weighted by Gasteiger charge is 2.38. The van der Waals surface area contributed by atoms with Crippen LogP contribution in [0.15, 0.2) is 192 Å². The molecule has 2 nitrogen and oxygen atoms in total. The van der Waals surface area contributed by atoms with Crippen LogP contribution in [0.5, 0.6) is 0 Å². The highest BCUT2D eigenvalue weighted by atomic mass is 32.1. The van der Waals surface area contributed by atoms with Crippen molar-refractivity contribution in [3.63, 3.8) is 0 Å². The molecule has 0 spiro atoms. The van der Waals surface area contributed by atoms with Crippen molar-refractivity contribution in [2.75, 3.05) is 0 Å². The molecule has 0 saturated carbocycles. The Morgan fingerprint density at radius 1 is 0.476 bits per heavy atom. The number of benzene rings is 10. The summed E-state index contributed by atoms with van der Waals surface area (Å²) in [6, 6.07) is 70.0. The van der Waals surface area contributed by atoms with Crippen molar-refractivity contribution in [3.8, 4) is 27.9 Å². The average molecular weight is 822 g/mol. The average Bonchev–Trinajstić information content (AvgIpc) is 4.05. The van der Waals surface area contributed by atoms with Gasteiger partial charge >= 0.3 is 0 Å². The van der Waals surface area contributed by atoms with Gasteiger partial charge in [-0.05, 0) is 127 Å². The molecular formula is C60H39NOS. The first-order valence-electron chi connectivity index (χ1n) is 21.9. The summed E-state index contributed by atoms with van der Waals surface area (Å²) in [5.41, 5.74) is 16.0. The number of fused-ring (bicyclic) bond motifs is 16. The number of thiophene rings is 1. The van der Waals surface area contributed by atoms with Gasteiger partial charge in [0.1, 0.15) is 11.2 Å². The highest BCUT2D eigenvalue weighted by molar-refractivity contribution is 7.25. The number of rotatable bonds is 4. The van der Waals surface area contributed by atoms with Gasteiger partial charge in [0, 0.05) is 52.8 Å². The SMILES string of the molecule is CC1(C)c2cc(Cc3cc4ccccc4c4cc(-c5ccc6c7ccccc7n(-c7ccc8oc9ccccc9c8c7)c6c5)ccc34)ccc2-c2ccc3sc4ccccc4c3c21. The van der Waals surface area contributed by atoms with Gasteiger partial charge in [0.05, 0.1) is 11.0 Å². The zero-order valence-corrected chi connectivity index (χ0v) is 35.7. The number of aromatic nitrogens is 1. The molecule has 3 heteroatoms. The molecule has 0 atom stereocenters. The smallest absolute Gasteiger partial charge is 0.135 e. The predicted molar refractivity (Wildman–Crippen MR) is 268 cm³/mol. The fraction of sp³-hybridized carbons (Fsp3) is 0.0667. The number of furan rings is 1. The Morgan fingerprint density at radius 2 is 1.19 bits per heavy atom. The van der Waals surface area contributed by atoms with E-state index in [9.17, 15) is 0 Å². The molecule has 3 aromatic heterocycles. The van der Waals surface area contributed by atoms with E-state index in [0.29, 0.717) is 0 Å². The Kier molecular flexibility index (Phi) is 7.14. The molecule has 1 aliphatic carbocycles. The zero-order valence-electron chi connectivity index (χ0n) is 34.9. The maximum Gasteiger partial charge on any atom is 0.135 e. The van der Waals surface area contributed by atoms with Crippen molar-refractivity contribution < 1.29 is 4.42 Å². The van der Waals surface area contributed by atoms with E-state index in [1.54, 1.807) is 0 Å². The molecule has 1 aliphatic rings. The molecule has 0 N–H and O–H groups in total. The van der Waals surface area contributed by atoms with Crippen molar-refractivity contribution in [3.05, 3.63) is 210 Å². The van der Waals surface area contributed by atoms with Gasteiger partial charge in [0.2, 0.25) is 0 Å². The third-order valence-electron chi connectivity index (χ3n) is 14.2. The second kappa shape index (κ2) is 12.8. The lowest BCUT2D eigenvalue weighted by molar-refractivity contribution is 0.665. The maximum atomic E-state index is 6.23. The summed E-state index contributed by atoms with van der Waals surface area (Å²) in [5, 5.41) is 12.7. The molecule has 0 unspecified atom stereocenters. The van der Waals surface area contributed by atoms with Crippen molar-refractivity contribution in [2.24, 2.45) is 0 Å². The lowest BCUT2D eigenvalue weighted by Gasteiger charge is -2.23. The van der Waals surface area contributed by atoms with Gasteiger partial charge in [-0.1, -0.05) is 147 Å². The molecule has 0 radical (unpaired) electrons. The summed E-state index contributed by atoms with van der Waals surface area (Å²) in [7, 11) is 0. The Hall–Kier alpha value is -7.46. The summed E-state index contributed by atoms with van der Waals surface area (Å²) in [5.74, 6) is 0. The molecule has 0 bridgehead atoms. The molecule has 0 amide bonds. The summed E-state index contributed by atoms with van der Waals surface area (Å²) < 4.78 is 11.4. The largest absolute Gasteiger partial charge is 0.456 e. The van der Waals surface area contributed by atoms with Crippen molar-refractivity contribution in [1.29, 1.82) is 0 Å². The van der Waals surface area contributed by atoms with Gasteiger partial charge in [0.25, 0.3) is 0 Å². The van der Waals surface area contributed by atoms with Gasteiger partial charge in [-0.15, -0.1) is 11.3 Å². The Labute approximate surface area is 367 Å². The van der Waals surface area contributed by atoms with Crippen LogP contribution in [0.3, 0.4) is 0 Å². The van der Waals surface area contributed by atoms with E-state index < -0.39 is 0 Å². The highest BCUT2D eigenvalue weighted by Crippen LogP contribution is 2.54. The quantitative estimate of drug-likeness (QED) is 0.162. The summed E-state index contributed by atoms with van der Waals surface area (Å²) in [6.07, 6.45) is 0.861. The fourth-order valence-corrected chi connectivity index (χ4v) is 12.4. The molecule has 63 heavy (non-hydrogen) atoms. The summed E-state index contributed by atoms with van der Waals surface area (Å²) in [6.45, 7) is 4.86. The van der Waals surface area contributed by atoms with E-state index in [1.807, 2.05) is 23.5 Å². The molecule has 0 aliphatic heterocycles. The number of hydrogen-bond donors (Lipinski definition) is 0. The number of nitrogens with zero attached hydrogens (tertiary/aromatic N) is 1. The van der Waals surface area contributed by atoms with Crippen molar-refractivity contribution >= 4 is 96.8 Å². The number of hydrogen-bond acceptors (Lipinski definition) is 2. The van der Waals surface area contributed by atoms with E-state index >= 15 is 0 Å². The van der Waals surface area contributed by atoms with Crippen molar-refractivity contribution in [1.82, 2.24) is 4.57 Å². The molecule has 0 saturated heterocycles. The van der Waals surface area contributed by atoms with Crippen LogP contribution in [0.1, 0.15) is 36.1 Å². The van der Waals surface area contributed by atoms with Crippen LogP contribution < -0.4 is 0 Å². The fourth-order valence-electron chi connectivity index (χ4n) is 11.3. The molecule has 3 heterocycles. The first-order chi connectivity index (χ1) is 31.0. The monoisotopic (exact) mass is 821 g/mol.